The molecular formula is C21H16FN3O4. The van der Waals surface area contributed by atoms with E-state index in [-0.39, 0.29) is 16.8 Å². The second-order valence-electron chi connectivity index (χ2n) is 5.92. The number of pyridine rings is 1. The zero-order chi connectivity index (χ0) is 20.8. The first-order chi connectivity index (χ1) is 14.0. The van der Waals surface area contributed by atoms with E-state index in [1.165, 1.54) is 55.9 Å². The number of carbonyl (C=O) groups is 3. The first-order valence-corrected chi connectivity index (χ1v) is 8.48. The van der Waals surface area contributed by atoms with Crippen molar-refractivity contribution in [1.82, 2.24) is 4.98 Å². The Labute approximate surface area is 165 Å². The summed E-state index contributed by atoms with van der Waals surface area (Å²) < 4.78 is 18.3. The summed E-state index contributed by atoms with van der Waals surface area (Å²) >= 11 is 0. The van der Waals surface area contributed by atoms with Crippen LogP contribution in [0.3, 0.4) is 0 Å². The van der Waals surface area contributed by atoms with Gasteiger partial charge >= 0.3 is 5.97 Å². The lowest BCUT2D eigenvalue weighted by molar-refractivity contribution is 0.0600. The van der Waals surface area contributed by atoms with Crippen LogP contribution in [0.2, 0.25) is 0 Å². The topological polar surface area (TPSA) is 97.4 Å². The van der Waals surface area contributed by atoms with Crippen molar-refractivity contribution < 1.29 is 23.5 Å². The highest BCUT2D eigenvalue weighted by Gasteiger charge is 2.14. The lowest BCUT2D eigenvalue weighted by Gasteiger charge is -2.08. The number of esters is 1. The molecule has 0 bridgehead atoms. The van der Waals surface area contributed by atoms with Crippen LogP contribution >= 0.6 is 0 Å². The summed E-state index contributed by atoms with van der Waals surface area (Å²) in [5.41, 5.74) is 1.06. The quantitative estimate of drug-likeness (QED) is 0.647. The molecule has 2 N–H and O–H groups in total. The molecule has 1 aromatic heterocycles. The zero-order valence-electron chi connectivity index (χ0n) is 15.3. The molecule has 2 amide bonds. The number of rotatable bonds is 5. The highest BCUT2D eigenvalue weighted by molar-refractivity contribution is 6.08. The molecule has 8 heteroatoms. The monoisotopic (exact) mass is 393 g/mol. The lowest BCUT2D eigenvalue weighted by Crippen LogP contribution is -2.16. The minimum Gasteiger partial charge on any atom is -0.465 e. The molecule has 0 aliphatic rings. The second-order valence-corrected chi connectivity index (χ2v) is 5.92. The Morgan fingerprint density at radius 1 is 0.862 bits per heavy atom. The van der Waals surface area contributed by atoms with Gasteiger partial charge in [0.1, 0.15) is 5.82 Å². The molecule has 0 unspecified atom stereocenters. The van der Waals surface area contributed by atoms with Gasteiger partial charge in [-0.05, 0) is 42.5 Å². The molecule has 0 aliphatic carbocycles. The molecule has 0 fully saturated rings. The van der Waals surface area contributed by atoms with Crippen LogP contribution in [0.1, 0.15) is 31.1 Å². The van der Waals surface area contributed by atoms with Gasteiger partial charge in [0.15, 0.2) is 0 Å². The van der Waals surface area contributed by atoms with Crippen LogP contribution in [0.5, 0.6) is 0 Å². The number of nitrogens with one attached hydrogen (secondary N) is 2. The van der Waals surface area contributed by atoms with Gasteiger partial charge in [0, 0.05) is 18.1 Å². The van der Waals surface area contributed by atoms with Crippen molar-refractivity contribution in [3.8, 4) is 0 Å². The van der Waals surface area contributed by atoms with Crippen LogP contribution < -0.4 is 10.6 Å². The van der Waals surface area contributed by atoms with Crippen LogP contribution in [0, 0.1) is 5.82 Å². The van der Waals surface area contributed by atoms with E-state index in [2.05, 4.69) is 20.4 Å². The summed E-state index contributed by atoms with van der Waals surface area (Å²) in [5, 5.41) is 5.08. The molecule has 0 saturated carbocycles. The number of carbonyl (C=O) groups excluding carboxylic acids is 3. The van der Waals surface area contributed by atoms with Crippen molar-refractivity contribution in [2.24, 2.45) is 0 Å². The number of benzene rings is 2. The molecule has 0 saturated heterocycles. The van der Waals surface area contributed by atoms with Crippen molar-refractivity contribution in [2.75, 3.05) is 17.7 Å². The number of amides is 2. The summed E-state index contributed by atoms with van der Waals surface area (Å²) in [6.45, 7) is 0. The number of hydrogen-bond acceptors (Lipinski definition) is 5. The molecule has 146 valence electrons. The third-order valence-electron chi connectivity index (χ3n) is 3.95. The van der Waals surface area contributed by atoms with Crippen LogP contribution in [0.4, 0.5) is 15.8 Å². The molecule has 0 radical (unpaired) electrons. The van der Waals surface area contributed by atoms with Gasteiger partial charge in [-0.1, -0.05) is 12.1 Å². The Kier molecular flexibility index (Phi) is 5.94. The van der Waals surface area contributed by atoms with Crippen molar-refractivity contribution in [3.63, 3.8) is 0 Å². The van der Waals surface area contributed by atoms with Crippen molar-refractivity contribution in [3.05, 3.63) is 89.5 Å². The Morgan fingerprint density at radius 3 is 2.10 bits per heavy atom. The lowest BCUT2D eigenvalue weighted by atomic mass is 10.1. The van der Waals surface area contributed by atoms with E-state index in [0.717, 1.165) is 0 Å². The third-order valence-corrected chi connectivity index (χ3v) is 3.95. The predicted octanol–water partition coefficient (Wildman–Crippen LogP) is 3.51. The van der Waals surface area contributed by atoms with E-state index in [0.29, 0.717) is 11.3 Å². The summed E-state index contributed by atoms with van der Waals surface area (Å²) in [7, 11) is 1.28. The van der Waals surface area contributed by atoms with E-state index < -0.39 is 23.6 Å². The van der Waals surface area contributed by atoms with Crippen LogP contribution in [0.15, 0.2) is 67.0 Å². The number of anilines is 2. The zero-order valence-corrected chi connectivity index (χ0v) is 15.3. The van der Waals surface area contributed by atoms with Gasteiger partial charge in [-0.25, -0.2) is 9.18 Å². The SMILES string of the molecule is COC(=O)c1ccc(NC(=O)c2cncc(C(=O)Nc3ccccc3F)c2)cc1. The molecule has 1 heterocycles. The van der Waals surface area contributed by atoms with Crippen LogP contribution in [-0.4, -0.2) is 29.9 Å². The molecule has 3 aromatic rings. The maximum absolute atomic E-state index is 13.7. The van der Waals surface area contributed by atoms with Gasteiger partial charge in [-0.3, -0.25) is 14.6 Å². The summed E-state index contributed by atoms with van der Waals surface area (Å²) in [5.74, 6) is -2.15. The maximum atomic E-state index is 13.7. The Balaban J connectivity index is 1.71. The number of hydrogen-bond donors (Lipinski definition) is 2. The maximum Gasteiger partial charge on any atom is 0.337 e. The number of nitrogens with zero attached hydrogens (tertiary/aromatic N) is 1. The van der Waals surface area contributed by atoms with E-state index in [1.54, 1.807) is 18.2 Å². The van der Waals surface area contributed by atoms with E-state index in [4.69, 9.17) is 0 Å². The van der Waals surface area contributed by atoms with Gasteiger partial charge in [-0.15, -0.1) is 0 Å². The van der Waals surface area contributed by atoms with Crippen molar-refractivity contribution in [1.29, 1.82) is 0 Å². The average Bonchev–Trinajstić information content (AvgIpc) is 2.75. The Morgan fingerprint density at radius 2 is 1.48 bits per heavy atom. The van der Waals surface area contributed by atoms with E-state index in [9.17, 15) is 18.8 Å². The molecule has 2 aromatic carbocycles. The number of methoxy groups -OCH3 is 1. The van der Waals surface area contributed by atoms with E-state index in [1.807, 2.05) is 0 Å². The minimum absolute atomic E-state index is 0.0260. The fraction of sp³-hybridized carbons (Fsp3) is 0.0476. The summed E-state index contributed by atoms with van der Waals surface area (Å²) in [6.07, 6.45) is 2.58. The fourth-order valence-electron chi connectivity index (χ4n) is 2.46. The van der Waals surface area contributed by atoms with Crippen LogP contribution in [-0.2, 0) is 4.74 Å². The van der Waals surface area contributed by atoms with Crippen molar-refractivity contribution in [2.45, 2.75) is 0 Å². The molecule has 7 nitrogen and oxygen atoms in total. The van der Waals surface area contributed by atoms with Crippen LogP contribution in [0.25, 0.3) is 0 Å². The van der Waals surface area contributed by atoms with Gasteiger partial charge in [0.2, 0.25) is 0 Å². The largest absolute Gasteiger partial charge is 0.465 e. The molecule has 0 spiro atoms. The Bertz CT molecular complexity index is 1070. The van der Waals surface area contributed by atoms with E-state index >= 15 is 0 Å². The normalized spacial score (nSPS) is 10.1. The molecule has 3 rings (SSSR count). The smallest absolute Gasteiger partial charge is 0.337 e. The highest BCUT2D eigenvalue weighted by atomic mass is 19.1. The molecule has 0 atom stereocenters. The third kappa shape index (κ3) is 4.81. The van der Waals surface area contributed by atoms with Crippen molar-refractivity contribution >= 4 is 29.2 Å². The molecular weight excluding hydrogens is 377 g/mol. The minimum atomic E-state index is -0.598. The number of para-hydroxylation sites is 1. The average molecular weight is 393 g/mol. The Hall–Kier alpha value is -4.07. The van der Waals surface area contributed by atoms with Gasteiger partial charge < -0.3 is 15.4 Å². The highest BCUT2D eigenvalue weighted by Crippen LogP contribution is 2.15. The second kappa shape index (κ2) is 8.75. The number of aromatic nitrogens is 1. The number of halogens is 1. The predicted molar refractivity (Wildman–Crippen MR) is 104 cm³/mol. The fourth-order valence-corrected chi connectivity index (χ4v) is 2.46. The molecule has 29 heavy (non-hydrogen) atoms. The first-order valence-electron chi connectivity index (χ1n) is 8.48. The standard InChI is InChI=1S/C21H16FN3O4/c1-29-21(28)13-6-8-16(9-7-13)24-19(26)14-10-15(12-23-11-14)20(27)25-18-5-3-2-4-17(18)22/h2-12H,1H3,(H,24,26)(H,25,27). The molecule has 0 aliphatic heterocycles. The summed E-state index contributed by atoms with van der Waals surface area (Å²) in [6, 6.07) is 13.2. The number of ether oxygens (including phenoxy) is 1. The van der Waals surface area contributed by atoms with Gasteiger partial charge in [0.05, 0.1) is 29.5 Å². The van der Waals surface area contributed by atoms with Gasteiger partial charge in [0.25, 0.3) is 11.8 Å². The summed E-state index contributed by atoms with van der Waals surface area (Å²) in [4.78, 5) is 40.1. The first kappa shape index (κ1) is 19.7. The van der Waals surface area contributed by atoms with Gasteiger partial charge in [-0.2, -0.15) is 0 Å².